The van der Waals surface area contributed by atoms with Crippen molar-refractivity contribution in [2.75, 3.05) is 24.2 Å². The van der Waals surface area contributed by atoms with E-state index in [4.69, 9.17) is 16.1 Å². The molecule has 0 bridgehead atoms. The van der Waals surface area contributed by atoms with E-state index in [1.165, 1.54) is 11.5 Å². The van der Waals surface area contributed by atoms with Crippen LogP contribution in [0.25, 0.3) is 0 Å². The third kappa shape index (κ3) is 3.36. The zero-order valence-corrected chi connectivity index (χ0v) is 10.0. The van der Waals surface area contributed by atoms with Gasteiger partial charge in [-0.15, -0.1) is 0 Å². The minimum Gasteiger partial charge on any atom is -0.396 e. The third-order valence-corrected chi connectivity index (χ3v) is 3.12. The predicted octanol–water partition coefficient (Wildman–Crippen LogP) is 1.42. The second-order valence-corrected chi connectivity index (χ2v) is 4.51. The normalized spacial score (nSPS) is 12.1. The van der Waals surface area contributed by atoms with Crippen LogP contribution in [0.2, 0.25) is 0 Å². The van der Waals surface area contributed by atoms with Gasteiger partial charge in [-0.1, -0.05) is 6.92 Å². The molecular weight excluding hydrogens is 224 g/mol. The van der Waals surface area contributed by atoms with Crippen LogP contribution in [0.15, 0.2) is 0 Å². The lowest BCUT2D eigenvalue weighted by molar-refractivity contribution is 0.229. The highest BCUT2D eigenvalue weighted by molar-refractivity contribution is 7.10. The van der Waals surface area contributed by atoms with Crippen LogP contribution in [-0.4, -0.2) is 22.6 Å². The van der Waals surface area contributed by atoms with Crippen LogP contribution in [0.5, 0.6) is 0 Å². The number of nitrogen functional groups attached to an aromatic ring is 1. The van der Waals surface area contributed by atoms with Crippen LogP contribution >= 0.6 is 11.5 Å². The summed E-state index contributed by atoms with van der Waals surface area (Å²) in [6, 6.07) is 2.03. The highest BCUT2D eigenvalue weighted by atomic mass is 32.1. The molecule has 5 nitrogen and oxygen atoms in total. The van der Waals surface area contributed by atoms with E-state index in [-0.39, 0.29) is 6.61 Å². The minimum atomic E-state index is 0.219. The van der Waals surface area contributed by atoms with Crippen LogP contribution in [0.3, 0.4) is 0 Å². The van der Waals surface area contributed by atoms with Gasteiger partial charge in [0, 0.05) is 13.2 Å². The van der Waals surface area contributed by atoms with Crippen LogP contribution in [0.1, 0.15) is 25.3 Å². The molecule has 0 saturated heterocycles. The maximum atomic E-state index is 8.85. The Hall–Kier alpha value is -1.32. The average molecular weight is 240 g/mol. The van der Waals surface area contributed by atoms with Gasteiger partial charge < -0.3 is 16.2 Å². The molecule has 0 spiro atoms. The third-order valence-electron chi connectivity index (χ3n) is 2.30. The van der Waals surface area contributed by atoms with E-state index in [1.54, 1.807) is 0 Å². The summed E-state index contributed by atoms with van der Waals surface area (Å²) < 4.78 is 3.91. The summed E-state index contributed by atoms with van der Waals surface area (Å²) in [4.78, 5) is 0. The van der Waals surface area contributed by atoms with Gasteiger partial charge in [-0.2, -0.15) is 9.64 Å². The molecule has 88 valence electrons. The van der Waals surface area contributed by atoms with Crippen molar-refractivity contribution in [3.05, 3.63) is 5.56 Å². The zero-order chi connectivity index (χ0) is 12.0. The van der Waals surface area contributed by atoms with Crippen molar-refractivity contribution in [3.63, 3.8) is 0 Å². The molecule has 4 N–H and O–H groups in total. The van der Waals surface area contributed by atoms with Crippen molar-refractivity contribution in [1.82, 2.24) is 4.37 Å². The topological polar surface area (TPSA) is 95.0 Å². The fourth-order valence-electron chi connectivity index (χ4n) is 1.27. The largest absolute Gasteiger partial charge is 0.396 e. The molecule has 1 aromatic heterocycles. The summed E-state index contributed by atoms with van der Waals surface area (Å²) in [5.74, 6) is 0.613. The Labute approximate surface area is 99.1 Å². The Morgan fingerprint density at radius 2 is 2.44 bits per heavy atom. The fourth-order valence-corrected chi connectivity index (χ4v) is 1.96. The second kappa shape index (κ2) is 6.30. The molecule has 0 aliphatic carbocycles. The number of nitriles is 1. The van der Waals surface area contributed by atoms with Crippen LogP contribution in [-0.2, 0) is 0 Å². The highest BCUT2D eigenvalue weighted by Crippen LogP contribution is 2.25. The predicted molar refractivity (Wildman–Crippen MR) is 65.2 cm³/mol. The lowest BCUT2D eigenvalue weighted by Gasteiger charge is -2.07. The number of rotatable bonds is 6. The molecule has 1 heterocycles. The van der Waals surface area contributed by atoms with Gasteiger partial charge in [0.1, 0.15) is 16.6 Å². The van der Waals surface area contributed by atoms with E-state index in [1.807, 2.05) is 13.0 Å². The number of aromatic nitrogens is 1. The van der Waals surface area contributed by atoms with Crippen molar-refractivity contribution in [3.8, 4) is 6.07 Å². The van der Waals surface area contributed by atoms with Crippen LogP contribution in [0.4, 0.5) is 10.8 Å². The van der Waals surface area contributed by atoms with Gasteiger partial charge in [-0.3, -0.25) is 0 Å². The lowest BCUT2D eigenvalue weighted by atomic mass is 10.1. The van der Waals surface area contributed by atoms with E-state index in [9.17, 15) is 0 Å². The first-order valence-electron chi connectivity index (χ1n) is 5.19. The average Bonchev–Trinajstić information content (AvgIpc) is 2.65. The molecule has 1 rings (SSSR count). The molecule has 1 atom stereocenters. The summed E-state index contributed by atoms with van der Waals surface area (Å²) in [7, 11) is 0. The van der Waals surface area contributed by atoms with Crippen molar-refractivity contribution in [1.29, 1.82) is 5.26 Å². The summed E-state index contributed by atoms with van der Waals surface area (Å²) in [5.41, 5.74) is 5.96. The number of nitrogens with two attached hydrogens (primary N) is 1. The van der Waals surface area contributed by atoms with Crippen molar-refractivity contribution < 1.29 is 5.11 Å². The van der Waals surface area contributed by atoms with Crippen molar-refractivity contribution >= 4 is 22.4 Å². The molecule has 0 saturated carbocycles. The number of aliphatic hydroxyl groups excluding tert-OH is 1. The summed E-state index contributed by atoms with van der Waals surface area (Å²) in [6.07, 6.45) is 1.91. The second-order valence-electron chi connectivity index (χ2n) is 3.74. The number of hydrogen-bond acceptors (Lipinski definition) is 6. The van der Waals surface area contributed by atoms with Crippen LogP contribution < -0.4 is 11.1 Å². The molecule has 16 heavy (non-hydrogen) atoms. The SMILES string of the molecule is CC(CO)CCCNc1snc(N)c1C#N. The summed E-state index contributed by atoms with van der Waals surface area (Å²) in [5, 5.41) is 21.6. The van der Waals surface area contributed by atoms with Gasteiger partial charge in [0.2, 0.25) is 0 Å². The smallest absolute Gasteiger partial charge is 0.157 e. The molecule has 0 amide bonds. The van der Waals surface area contributed by atoms with Gasteiger partial charge in [-0.25, -0.2) is 0 Å². The van der Waals surface area contributed by atoms with Crippen molar-refractivity contribution in [2.45, 2.75) is 19.8 Å². The first-order chi connectivity index (χ1) is 7.69. The quantitative estimate of drug-likeness (QED) is 0.654. The first kappa shape index (κ1) is 12.7. The maximum Gasteiger partial charge on any atom is 0.157 e. The van der Waals surface area contributed by atoms with E-state index < -0.39 is 0 Å². The van der Waals surface area contributed by atoms with E-state index in [0.29, 0.717) is 17.3 Å². The van der Waals surface area contributed by atoms with Gasteiger partial charge in [0.05, 0.1) is 0 Å². The highest BCUT2D eigenvalue weighted by Gasteiger charge is 2.09. The summed E-state index contributed by atoms with van der Waals surface area (Å²) >= 11 is 1.21. The number of nitrogens with zero attached hydrogens (tertiary/aromatic N) is 2. The Kier molecular flexibility index (Phi) is 5.02. The Morgan fingerprint density at radius 3 is 3.06 bits per heavy atom. The van der Waals surface area contributed by atoms with Crippen LogP contribution in [0, 0.1) is 17.2 Å². The van der Waals surface area contributed by atoms with E-state index >= 15 is 0 Å². The molecule has 1 unspecified atom stereocenters. The van der Waals surface area contributed by atoms with Gasteiger partial charge in [0.25, 0.3) is 0 Å². The molecule has 6 heteroatoms. The van der Waals surface area contributed by atoms with E-state index in [2.05, 4.69) is 9.69 Å². The molecule has 1 aromatic rings. The fraction of sp³-hybridized carbons (Fsp3) is 0.600. The van der Waals surface area contributed by atoms with Gasteiger partial charge in [0.15, 0.2) is 5.82 Å². The number of hydrogen-bond donors (Lipinski definition) is 3. The molecule has 0 fully saturated rings. The van der Waals surface area contributed by atoms with Crippen molar-refractivity contribution in [2.24, 2.45) is 5.92 Å². The lowest BCUT2D eigenvalue weighted by Crippen LogP contribution is -2.06. The molecular formula is C10H16N4OS. The minimum absolute atomic E-state index is 0.219. The molecule has 0 aliphatic rings. The molecule has 0 aromatic carbocycles. The Morgan fingerprint density at radius 1 is 1.69 bits per heavy atom. The van der Waals surface area contributed by atoms with E-state index in [0.717, 1.165) is 24.4 Å². The Bertz CT molecular complexity index is 371. The monoisotopic (exact) mass is 240 g/mol. The standard InChI is InChI=1S/C10H16N4OS/c1-7(6-15)3-2-4-13-10-8(5-11)9(12)14-16-10/h7,13,15H,2-4,6H2,1H3,(H2,12,14). The molecule has 0 aliphatic heterocycles. The van der Waals surface area contributed by atoms with Gasteiger partial charge >= 0.3 is 0 Å². The zero-order valence-electron chi connectivity index (χ0n) is 9.23. The van der Waals surface area contributed by atoms with Gasteiger partial charge in [-0.05, 0) is 30.3 Å². The maximum absolute atomic E-state index is 8.85. The number of nitrogens with one attached hydrogen (secondary N) is 1. The Balaban J connectivity index is 2.35. The first-order valence-corrected chi connectivity index (χ1v) is 5.96. The summed E-state index contributed by atoms with van der Waals surface area (Å²) in [6.45, 7) is 2.99. The molecule has 0 radical (unpaired) electrons. The number of anilines is 2. The number of aliphatic hydroxyl groups is 1.